The molecule has 1 aromatic heterocycles. The molecule has 0 spiro atoms. The van der Waals surface area contributed by atoms with E-state index in [0.717, 1.165) is 42.9 Å². The zero-order valence-electron chi connectivity index (χ0n) is 13.8. The monoisotopic (exact) mass is 326 g/mol. The Bertz CT molecular complexity index is 716. The van der Waals surface area contributed by atoms with Crippen LogP contribution in [0.3, 0.4) is 0 Å². The van der Waals surface area contributed by atoms with Gasteiger partial charge in [-0.1, -0.05) is 12.1 Å². The first-order valence-electron chi connectivity index (χ1n) is 8.37. The third-order valence-electron chi connectivity index (χ3n) is 4.97. The third kappa shape index (κ3) is 2.95. The highest BCUT2D eigenvalue weighted by molar-refractivity contribution is 5.95. The minimum Gasteiger partial charge on any atom is -0.379 e. The molecule has 1 amide bonds. The second kappa shape index (κ2) is 6.37. The second-order valence-electron chi connectivity index (χ2n) is 6.77. The Morgan fingerprint density at radius 1 is 1.25 bits per heavy atom. The molecule has 1 N–H and O–H groups in total. The number of hydrogen-bond donors (Lipinski definition) is 1. The summed E-state index contributed by atoms with van der Waals surface area (Å²) in [5.74, 6) is 0.482. The van der Waals surface area contributed by atoms with E-state index in [9.17, 15) is 4.79 Å². The fraction of sp³-hybridized carbons (Fsp3) is 0.444. The molecule has 126 valence electrons. The van der Waals surface area contributed by atoms with E-state index in [4.69, 9.17) is 4.74 Å². The van der Waals surface area contributed by atoms with Crippen molar-refractivity contribution >= 4 is 5.91 Å². The predicted octanol–water partition coefficient (Wildman–Crippen LogP) is 1.48. The van der Waals surface area contributed by atoms with Gasteiger partial charge in [0.25, 0.3) is 5.91 Å². The van der Waals surface area contributed by atoms with Crippen LogP contribution in [0.1, 0.15) is 10.4 Å². The first-order chi connectivity index (χ1) is 11.7. The molecule has 6 nitrogen and oxygen atoms in total. The van der Waals surface area contributed by atoms with Crippen LogP contribution in [0.2, 0.25) is 0 Å². The van der Waals surface area contributed by atoms with E-state index in [0.29, 0.717) is 12.5 Å². The predicted molar refractivity (Wildman–Crippen MR) is 90.7 cm³/mol. The van der Waals surface area contributed by atoms with Crippen LogP contribution in [0.5, 0.6) is 0 Å². The number of amides is 1. The quantitative estimate of drug-likeness (QED) is 0.908. The van der Waals surface area contributed by atoms with Crippen molar-refractivity contribution in [1.29, 1.82) is 0 Å². The Morgan fingerprint density at radius 3 is 3.00 bits per heavy atom. The van der Waals surface area contributed by atoms with Gasteiger partial charge >= 0.3 is 0 Å². The molecule has 2 aromatic rings. The van der Waals surface area contributed by atoms with Crippen molar-refractivity contribution in [2.24, 2.45) is 5.92 Å². The van der Waals surface area contributed by atoms with E-state index in [2.05, 4.69) is 22.1 Å². The van der Waals surface area contributed by atoms with Crippen molar-refractivity contribution in [3.05, 3.63) is 42.2 Å². The summed E-state index contributed by atoms with van der Waals surface area (Å²) in [7, 11) is 2.12. The Balaban J connectivity index is 1.58. The lowest BCUT2D eigenvalue weighted by Crippen LogP contribution is -2.44. The molecule has 0 unspecified atom stereocenters. The first-order valence-corrected chi connectivity index (χ1v) is 8.37. The SMILES string of the molecule is CN1C[C@H]2COC[C@@H]1CN(C(=O)c1cccc(-c3cn[nH]c3)c1)C2. The first kappa shape index (κ1) is 15.4. The van der Waals surface area contributed by atoms with Gasteiger partial charge in [0.05, 0.1) is 25.5 Å². The fourth-order valence-corrected chi connectivity index (χ4v) is 3.64. The van der Waals surface area contributed by atoms with E-state index < -0.39 is 0 Å². The number of carbonyl (C=O) groups excluding carboxylic acids is 1. The molecule has 2 atom stereocenters. The summed E-state index contributed by atoms with van der Waals surface area (Å²) in [6, 6.07) is 8.06. The van der Waals surface area contributed by atoms with Gasteiger partial charge in [-0.15, -0.1) is 0 Å². The number of ether oxygens (including phenoxy) is 1. The lowest BCUT2D eigenvalue weighted by Gasteiger charge is -2.30. The summed E-state index contributed by atoms with van der Waals surface area (Å²) in [5, 5.41) is 6.80. The van der Waals surface area contributed by atoms with Crippen LogP contribution in [0, 0.1) is 5.92 Å². The Morgan fingerprint density at radius 2 is 2.17 bits per heavy atom. The van der Waals surface area contributed by atoms with Crippen molar-refractivity contribution in [1.82, 2.24) is 20.0 Å². The van der Waals surface area contributed by atoms with Crippen molar-refractivity contribution in [3.63, 3.8) is 0 Å². The molecular formula is C18H22N4O2. The van der Waals surface area contributed by atoms with E-state index in [1.807, 2.05) is 35.4 Å². The molecule has 24 heavy (non-hydrogen) atoms. The molecule has 4 rings (SSSR count). The summed E-state index contributed by atoms with van der Waals surface area (Å²) in [6.45, 7) is 3.91. The summed E-state index contributed by atoms with van der Waals surface area (Å²) in [5.41, 5.74) is 2.73. The van der Waals surface area contributed by atoms with Crippen LogP contribution >= 0.6 is 0 Å². The average molecular weight is 326 g/mol. The van der Waals surface area contributed by atoms with Crippen LogP contribution in [0.4, 0.5) is 0 Å². The van der Waals surface area contributed by atoms with Crippen LogP contribution in [-0.2, 0) is 4.74 Å². The Labute approximate surface area is 141 Å². The molecule has 0 radical (unpaired) electrons. The highest BCUT2D eigenvalue weighted by Gasteiger charge is 2.33. The maximum absolute atomic E-state index is 13.1. The highest BCUT2D eigenvalue weighted by atomic mass is 16.5. The standard InChI is InChI=1S/C18H22N4O2/c1-21-8-13-9-22(10-17(21)12-24-11-13)18(23)15-4-2-3-14(5-15)16-6-19-20-7-16/h2-7,13,17H,8-12H2,1H3,(H,19,20)/t13-,17+/m1/s1. The number of H-pyrrole nitrogens is 1. The number of fused-ring (bicyclic) bond motifs is 3. The molecule has 1 aromatic carbocycles. The number of likely N-dealkylation sites (N-methyl/N-ethyl adjacent to an activating group) is 1. The largest absolute Gasteiger partial charge is 0.379 e. The van der Waals surface area contributed by atoms with Gasteiger partial charge in [-0.2, -0.15) is 5.10 Å². The molecule has 2 bridgehead atoms. The number of benzene rings is 1. The second-order valence-corrected chi connectivity index (χ2v) is 6.77. The summed E-state index contributed by atoms with van der Waals surface area (Å²) in [4.78, 5) is 17.4. The van der Waals surface area contributed by atoms with Crippen LogP contribution in [-0.4, -0.2) is 71.8 Å². The molecule has 2 aliphatic rings. The topological polar surface area (TPSA) is 61.5 Å². The van der Waals surface area contributed by atoms with Gasteiger partial charge in [-0.3, -0.25) is 14.8 Å². The van der Waals surface area contributed by atoms with Gasteiger partial charge in [0, 0.05) is 42.9 Å². The Kier molecular flexibility index (Phi) is 4.08. The van der Waals surface area contributed by atoms with E-state index in [-0.39, 0.29) is 11.9 Å². The smallest absolute Gasteiger partial charge is 0.253 e. The summed E-state index contributed by atoms with van der Waals surface area (Å²) >= 11 is 0. The van der Waals surface area contributed by atoms with Crippen molar-refractivity contribution < 1.29 is 9.53 Å². The van der Waals surface area contributed by atoms with Crippen LogP contribution < -0.4 is 0 Å². The molecule has 3 heterocycles. The van der Waals surface area contributed by atoms with E-state index in [1.165, 1.54) is 0 Å². The summed E-state index contributed by atoms with van der Waals surface area (Å²) < 4.78 is 5.74. The molecule has 2 saturated heterocycles. The zero-order chi connectivity index (χ0) is 16.5. The van der Waals surface area contributed by atoms with Crippen molar-refractivity contribution in [2.75, 3.05) is 39.9 Å². The van der Waals surface area contributed by atoms with E-state index in [1.54, 1.807) is 6.20 Å². The number of hydrogen-bond acceptors (Lipinski definition) is 4. The summed E-state index contributed by atoms with van der Waals surface area (Å²) in [6.07, 6.45) is 3.61. The molecule has 0 aliphatic carbocycles. The van der Waals surface area contributed by atoms with Crippen molar-refractivity contribution in [3.8, 4) is 11.1 Å². The molecule has 2 fully saturated rings. The minimum atomic E-state index is 0.104. The lowest BCUT2D eigenvalue weighted by atomic mass is 10.0. The van der Waals surface area contributed by atoms with Gasteiger partial charge in [-0.05, 0) is 24.7 Å². The highest BCUT2D eigenvalue weighted by Crippen LogP contribution is 2.23. The normalized spacial score (nSPS) is 24.6. The van der Waals surface area contributed by atoms with Gasteiger partial charge in [-0.25, -0.2) is 0 Å². The molecule has 6 heteroatoms. The third-order valence-corrected chi connectivity index (χ3v) is 4.97. The number of rotatable bonds is 2. The lowest BCUT2D eigenvalue weighted by molar-refractivity contribution is 0.0434. The maximum Gasteiger partial charge on any atom is 0.253 e. The maximum atomic E-state index is 13.1. The average Bonchev–Trinajstić information content (AvgIpc) is 3.00. The Hall–Kier alpha value is -2.18. The van der Waals surface area contributed by atoms with E-state index >= 15 is 0 Å². The molecular weight excluding hydrogens is 304 g/mol. The fourth-order valence-electron chi connectivity index (χ4n) is 3.64. The number of nitrogens with one attached hydrogen (secondary N) is 1. The van der Waals surface area contributed by atoms with Crippen LogP contribution in [0.15, 0.2) is 36.7 Å². The zero-order valence-corrected chi connectivity index (χ0v) is 13.8. The number of aromatic amines is 1. The molecule has 2 aliphatic heterocycles. The van der Waals surface area contributed by atoms with Gasteiger partial charge in [0.2, 0.25) is 0 Å². The number of aromatic nitrogens is 2. The van der Waals surface area contributed by atoms with Gasteiger partial charge in [0.15, 0.2) is 0 Å². The number of nitrogens with zero attached hydrogens (tertiary/aromatic N) is 3. The number of carbonyl (C=O) groups is 1. The van der Waals surface area contributed by atoms with Gasteiger partial charge in [0.1, 0.15) is 0 Å². The van der Waals surface area contributed by atoms with Crippen LogP contribution in [0.25, 0.3) is 11.1 Å². The van der Waals surface area contributed by atoms with Gasteiger partial charge < -0.3 is 9.64 Å². The minimum absolute atomic E-state index is 0.104. The van der Waals surface area contributed by atoms with Crippen molar-refractivity contribution in [2.45, 2.75) is 6.04 Å². The molecule has 0 saturated carbocycles.